The van der Waals surface area contributed by atoms with Crippen LogP contribution in [0.15, 0.2) is 17.9 Å². The van der Waals surface area contributed by atoms with Gasteiger partial charge in [-0.1, -0.05) is 0 Å². The maximum absolute atomic E-state index is 11.9. The van der Waals surface area contributed by atoms with Crippen molar-refractivity contribution >= 4 is 51.9 Å². The minimum Gasteiger partial charge on any atom is -0.479 e. The van der Waals surface area contributed by atoms with E-state index in [4.69, 9.17) is 26.8 Å². The first kappa shape index (κ1) is 23.2. The van der Waals surface area contributed by atoms with E-state index >= 15 is 0 Å². The molecule has 4 atom stereocenters. The first-order chi connectivity index (χ1) is 15.6. The van der Waals surface area contributed by atoms with Gasteiger partial charge in [0.15, 0.2) is 17.7 Å². The Morgan fingerprint density at radius 2 is 1.97 bits per heavy atom. The van der Waals surface area contributed by atoms with E-state index in [1.54, 1.807) is 5.38 Å². The second-order valence-corrected chi connectivity index (χ2v) is 8.42. The molecule has 0 aromatic carbocycles. The second-order valence-electron chi connectivity index (χ2n) is 7.10. The number of aliphatic hydroxyl groups is 2. The maximum atomic E-state index is 11.9. The van der Waals surface area contributed by atoms with Crippen molar-refractivity contribution in [2.75, 3.05) is 12.3 Å². The molecule has 3 aromatic heterocycles. The van der Waals surface area contributed by atoms with Crippen molar-refractivity contribution in [1.82, 2.24) is 24.5 Å². The van der Waals surface area contributed by atoms with Crippen molar-refractivity contribution in [2.24, 2.45) is 0 Å². The number of nitrogen functional groups attached to an aromatic ring is 1. The third kappa shape index (κ3) is 4.09. The van der Waals surface area contributed by atoms with Crippen molar-refractivity contribution in [3.05, 3.63) is 28.2 Å². The first-order valence-corrected chi connectivity index (χ1v) is 10.6. The molecule has 0 spiro atoms. The minimum atomic E-state index is -2.68. The van der Waals surface area contributed by atoms with Gasteiger partial charge in [0.2, 0.25) is 5.28 Å². The molecule has 0 aliphatic carbocycles. The van der Waals surface area contributed by atoms with Crippen molar-refractivity contribution in [2.45, 2.75) is 36.6 Å². The molecule has 16 heteroatoms. The Morgan fingerprint density at radius 1 is 1.24 bits per heavy atom. The lowest BCUT2D eigenvalue weighted by molar-refractivity contribution is -0.190. The van der Waals surface area contributed by atoms with Crippen molar-refractivity contribution < 1.29 is 39.5 Å². The van der Waals surface area contributed by atoms with Gasteiger partial charge in [-0.15, -0.1) is 11.3 Å². The van der Waals surface area contributed by atoms with Gasteiger partial charge in [0.1, 0.15) is 23.8 Å². The monoisotopic (exact) mass is 500 g/mol. The highest BCUT2D eigenvalue weighted by molar-refractivity contribution is 7.09. The van der Waals surface area contributed by atoms with Crippen LogP contribution >= 0.6 is 22.9 Å². The summed E-state index contributed by atoms with van der Waals surface area (Å²) in [6.07, 6.45) is -3.49. The predicted octanol–water partition coefficient (Wildman–Crippen LogP) is -0.695. The fourth-order valence-corrected chi connectivity index (χ4v) is 4.25. The van der Waals surface area contributed by atoms with Crippen LogP contribution in [0, 0.1) is 0 Å². The SMILES string of the molecule is Nc1nc(Cl)nc2c1ncn2C1OC(COC(Cc2nccs2)(C(=O)O)C(=O)O)C(O)C1O. The number of ether oxygens (including phenoxy) is 2. The number of carbonyl (C=O) groups is 2. The van der Waals surface area contributed by atoms with E-state index in [1.807, 2.05) is 0 Å². The second kappa shape index (κ2) is 8.77. The van der Waals surface area contributed by atoms with E-state index in [0.29, 0.717) is 0 Å². The van der Waals surface area contributed by atoms with Gasteiger partial charge in [0.05, 0.1) is 24.4 Å². The van der Waals surface area contributed by atoms with Gasteiger partial charge in [0.25, 0.3) is 5.60 Å². The fourth-order valence-electron chi connectivity index (χ4n) is 3.39. The van der Waals surface area contributed by atoms with Crippen LogP contribution in [-0.4, -0.2) is 87.4 Å². The van der Waals surface area contributed by atoms with Crippen LogP contribution < -0.4 is 5.73 Å². The number of nitrogens with zero attached hydrogens (tertiary/aromatic N) is 5. The summed E-state index contributed by atoms with van der Waals surface area (Å²) in [4.78, 5) is 39.5. The van der Waals surface area contributed by atoms with Crippen molar-refractivity contribution in [3.8, 4) is 0 Å². The molecule has 1 aliphatic heterocycles. The van der Waals surface area contributed by atoms with Crippen LogP contribution in [0.4, 0.5) is 5.82 Å². The molecule has 4 unspecified atom stereocenters. The van der Waals surface area contributed by atoms with Gasteiger partial charge in [-0.05, 0) is 11.6 Å². The number of aliphatic carboxylic acids is 2. The van der Waals surface area contributed by atoms with Crippen LogP contribution in [0.5, 0.6) is 0 Å². The molecule has 1 saturated heterocycles. The summed E-state index contributed by atoms with van der Waals surface area (Å²) in [6.45, 7) is -0.663. The third-order valence-electron chi connectivity index (χ3n) is 5.10. The Kier molecular flexibility index (Phi) is 6.17. The number of aromatic nitrogens is 5. The summed E-state index contributed by atoms with van der Waals surface area (Å²) < 4.78 is 12.2. The number of thiazole rings is 1. The molecule has 1 aliphatic rings. The number of carboxylic acid groups (broad SMARTS) is 2. The fraction of sp³-hybridized carbons (Fsp3) is 0.412. The molecule has 6 N–H and O–H groups in total. The predicted molar refractivity (Wildman–Crippen MR) is 110 cm³/mol. The molecule has 3 aromatic rings. The highest BCUT2D eigenvalue weighted by Crippen LogP contribution is 2.33. The van der Waals surface area contributed by atoms with Gasteiger partial charge in [-0.25, -0.2) is 19.6 Å². The molecule has 4 heterocycles. The molecule has 0 saturated carbocycles. The van der Waals surface area contributed by atoms with Gasteiger partial charge < -0.3 is 35.6 Å². The number of aliphatic hydroxyl groups excluding tert-OH is 2. The molecule has 0 amide bonds. The van der Waals surface area contributed by atoms with E-state index < -0.39 is 55.1 Å². The van der Waals surface area contributed by atoms with Crippen LogP contribution in [-0.2, 0) is 25.5 Å². The molecule has 33 heavy (non-hydrogen) atoms. The van der Waals surface area contributed by atoms with Crippen LogP contribution in [0.3, 0.4) is 0 Å². The lowest BCUT2D eigenvalue weighted by Crippen LogP contribution is -2.52. The Labute approximate surface area is 193 Å². The largest absolute Gasteiger partial charge is 0.479 e. The third-order valence-corrected chi connectivity index (χ3v) is 6.05. The molecular weight excluding hydrogens is 484 g/mol. The smallest absolute Gasteiger partial charge is 0.348 e. The minimum absolute atomic E-state index is 0.00782. The normalized spacial score (nSPS) is 23.2. The molecule has 4 rings (SSSR count). The van der Waals surface area contributed by atoms with Crippen LogP contribution in [0.1, 0.15) is 11.2 Å². The van der Waals surface area contributed by atoms with Crippen molar-refractivity contribution in [1.29, 1.82) is 0 Å². The molecular formula is C17H17ClN6O8S. The van der Waals surface area contributed by atoms with E-state index in [2.05, 4.69) is 19.9 Å². The molecule has 1 fully saturated rings. The first-order valence-electron chi connectivity index (χ1n) is 9.30. The zero-order valence-corrected chi connectivity index (χ0v) is 18.0. The summed E-state index contributed by atoms with van der Waals surface area (Å²) in [5.41, 5.74) is 3.40. The molecule has 0 radical (unpaired) electrons. The zero-order valence-electron chi connectivity index (χ0n) is 16.5. The number of nitrogens with two attached hydrogens (primary N) is 1. The highest BCUT2D eigenvalue weighted by Gasteiger charge is 2.52. The number of imidazole rings is 1. The summed E-state index contributed by atoms with van der Waals surface area (Å²) >= 11 is 6.90. The van der Waals surface area contributed by atoms with Crippen molar-refractivity contribution in [3.63, 3.8) is 0 Å². The van der Waals surface area contributed by atoms with Crippen LogP contribution in [0.25, 0.3) is 11.2 Å². The van der Waals surface area contributed by atoms with Gasteiger partial charge in [-0.2, -0.15) is 9.97 Å². The summed E-state index contributed by atoms with van der Waals surface area (Å²) in [7, 11) is 0. The average molecular weight is 501 g/mol. The average Bonchev–Trinajstić information content (AvgIpc) is 3.46. The standard InChI is InChI=1S/C17H17ClN6O8S/c18-16-22-11(19)8-12(23-16)24(5-21-8)13-10(26)9(25)6(32-13)4-31-17(14(27)28,15(29)30)3-7-20-1-2-33-7/h1-2,5-6,9-10,13,25-26H,3-4H2,(H,27,28)(H,29,30)(H2,19,22,23). The Morgan fingerprint density at radius 3 is 2.61 bits per heavy atom. The van der Waals surface area contributed by atoms with Gasteiger partial charge >= 0.3 is 11.9 Å². The molecule has 176 valence electrons. The number of halogens is 1. The Hall–Kier alpha value is -2.95. The lowest BCUT2D eigenvalue weighted by atomic mass is 10.00. The molecule has 0 bridgehead atoms. The summed E-state index contributed by atoms with van der Waals surface area (Å²) in [6, 6.07) is 0. The van der Waals surface area contributed by atoms with E-state index in [1.165, 1.54) is 17.1 Å². The quantitative estimate of drug-likeness (QED) is 0.191. The van der Waals surface area contributed by atoms with Gasteiger partial charge in [-0.3, -0.25) is 4.57 Å². The van der Waals surface area contributed by atoms with E-state index in [-0.39, 0.29) is 27.3 Å². The number of fused-ring (bicyclic) bond motifs is 1. The van der Waals surface area contributed by atoms with E-state index in [9.17, 15) is 30.0 Å². The number of hydrogen-bond acceptors (Lipinski definition) is 12. The zero-order chi connectivity index (χ0) is 23.9. The summed E-state index contributed by atoms with van der Waals surface area (Å²) in [5.74, 6) is -3.51. The maximum Gasteiger partial charge on any atom is 0.348 e. The number of rotatable bonds is 8. The number of hydrogen-bond donors (Lipinski definition) is 5. The Balaban J connectivity index is 1.57. The number of carboxylic acids is 2. The Bertz CT molecular complexity index is 1180. The molecule has 14 nitrogen and oxygen atoms in total. The lowest BCUT2D eigenvalue weighted by Gasteiger charge is -2.26. The van der Waals surface area contributed by atoms with E-state index in [0.717, 1.165) is 11.3 Å². The summed E-state index contributed by atoms with van der Waals surface area (Å²) in [5, 5.41) is 41.8. The van der Waals surface area contributed by atoms with Crippen LogP contribution in [0.2, 0.25) is 5.28 Å². The van der Waals surface area contributed by atoms with Gasteiger partial charge in [0, 0.05) is 11.6 Å². The number of anilines is 1. The highest BCUT2D eigenvalue weighted by atomic mass is 35.5. The topological polar surface area (TPSA) is 216 Å².